The molecular weight excluding hydrogens is 182 g/mol. The highest BCUT2D eigenvalue weighted by molar-refractivity contribution is 8.14. The van der Waals surface area contributed by atoms with Crippen molar-refractivity contribution in [1.29, 1.82) is 0 Å². The van der Waals surface area contributed by atoms with Gasteiger partial charge in [0.05, 0.1) is 4.21 Å². The molecule has 0 atom stereocenters. The molecule has 5 heteroatoms. The van der Waals surface area contributed by atoms with Gasteiger partial charge < -0.3 is 0 Å². The fraction of sp³-hybridized carbons (Fsp3) is 0.167. The highest BCUT2D eigenvalue weighted by atomic mass is 32.2. The fourth-order valence-electron chi connectivity index (χ4n) is 0.581. The van der Waals surface area contributed by atoms with Crippen LogP contribution in [0.4, 0.5) is 4.79 Å². The number of hydrogen-bond acceptors (Lipinski definition) is 4. The Hall–Kier alpha value is -0.520. The molecule has 0 unspecified atom stereocenters. The third-order valence-corrected chi connectivity index (χ3v) is 2.91. The van der Waals surface area contributed by atoms with E-state index in [9.17, 15) is 4.79 Å². The van der Waals surface area contributed by atoms with Gasteiger partial charge in [-0.3, -0.25) is 10.0 Å². The maximum atomic E-state index is 10.6. The number of nitrogens with one attached hydrogen (secondary N) is 1. The van der Waals surface area contributed by atoms with Gasteiger partial charge in [-0.25, -0.2) is 5.48 Å². The van der Waals surface area contributed by atoms with Crippen molar-refractivity contribution in [2.24, 2.45) is 0 Å². The fourth-order valence-corrected chi connectivity index (χ4v) is 2.32. The number of rotatable bonds is 1. The van der Waals surface area contributed by atoms with Crippen LogP contribution in [0.1, 0.15) is 4.88 Å². The van der Waals surface area contributed by atoms with E-state index in [1.54, 1.807) is 5.48 Å². The molecule has 0 fully saturated rings. The topological polar surface area (TPSA) is 49.3 Å². The summed E-state index contributed by atoms with van der Waals surface area (Å²) in [5.74, 6) is 0. The van der Waals surface area contributed by atoms with Gasteiger partial charge in [0.2, 0.25) is 0 Å². The van der Waals surface area contributed by atoms with Crippen LogP contribution >= 0.6 is 23.1 Å². The van der Waals surface area contributed by atoms with Crippen LogP contribution in [0.15, 0.2) is 16.3 Å². The van der Waals surface area contributed by atoms with Gasteiger partial charge in [-0.1, -0.05) is 0 Å². The zero-order valence-corrected chi connectivity index (χ0v) is 7.46. The molecule has 0 aliphatic heterocycles. The Balaban J connectivity index is 2.57. The van der Waals surface area contributed by atoms with Crippen molar-refractivity contribution in [2.45, 2.75) is 11.1 Å². The van der Waals surface area contributed by atoms with Gasteiger partial charge >= 0.3 is 5.24 Å². The van der Waals surface area contributed by atoms with Crippen LogP contribution in [0.2, 0.25) is 0 Å². The summed E-state index contributed by atoms with van der Waals surface area (Å²) in [5.41, 5.74) is 1.55. The van der Waals surface area contributed by atoms with E-state index in [0.29, 0.717) is 0 Å². The summed E-state index contributed by atoms with van der Waals surface area (Å²) in [6.07, 6.45) is 0. The second-order valence-electron chi connectivity index (χ2n) is 1.87. The zero-order valence-electron chi connectivity index (χ0n) is 5.83. The largest absolute Gasteiger partial charge is 0.308 e. The lowest BCUT2D eigenvalue weighted by Crippen LogP contribution is -2.11. The number of hydroxylamine groups is 1. The van der Waals surface area contributed by atoms with Crippen LogP contribution < -0.4 is 5.48 Å². The van der Waals surface area contributed by atoms with E-state index in [1.165, 1.54) is 11.3 Å². The highest BCUT2D eigenvalue weighted by Crippen LogP contribution is 2.26. The lowest BCUT2D eigenvalue weighted by Gasteiger charge is -1.92. The van der Waals surface area contributed by atoms with E-state index in [2.05, 4.69) is 0 Å². The quantitative estimate of drug-likeness (QED) is 0.404. The smallest absolute Gasteiger partial charge is 0.288 e. The summed E-state index contributed by atoms with van der Waals surface area (Å²) in [5, 5.41) is 7.74. The molecule has 1 rings (SSSR count). The number of carbonyl (C=O) groups is 1. The standard InChI is InChI=1S/C6H7NO2S2/c1-4-2-3-5(10-4)11-6(8)7-9/h2-3,9H,1H3,(H,7,8). The molecule has 0 aliphatic carbocycles. The number of aryl methyl sites for hydroxylation is 1. The lowest BCUT2D eigenvalue weighted by molar-refractivity contribution is 0.181. The molecular formula is C6H7NO2S2. The Morgan fingerprint density at radius 3 is 2.91 bits per heavy atom. The first-order valence-electron chi connectivity index (χ1n) is 2.90. The lowest BCUT2D eigenvalue weighted by atomic mass is 10.5. The van der Waals surface area contributed by atoms with Gasteiger partial charge in [-0.2, -0.15) is 0 Å². The van der Waals surface area contributed by atoms with E-state index in [0.717, 1.165) is 20.8 Å². The van der Waals surface area contributed by atoms with Gasteiger partial charge in [0, 0.05) is 4.88 Å². The molecule has 0 saturated carbocycles. The molecule has 0 spiro atoms. The second kappa shape index (κ2) is 3.75. The molecule has 60 valence electrons. The minimum absolute atomic E-state index is 0.452. The van der Waals surface area contributed by atoms with Crippen LogP contribution in [0.3, 0.4) is 0 Å². The van der Waals surface area contributed by atoms with Crippen LogP contribution in [-0.4, -0.2) is 10.4 Å². The van der Waals surface area contributed by atoms with Crippen LogP contribution in [-0.2, 0) is 0 Å². The average Bonchev–Trinajstić information content (AvgIpc) is 2.35. The van der Waals surface area contributed by atoms with E-state index in [-0.39, 0.29) is 0 Å². The molecule has 1 heterocycles. The first-order valence-corrected chi connectivity index (χ1v) is 4.54. The van der Waals surface area contributed by atoms with E-state index < -0.39 is 5.24 Å². The molecule has 1 aromatic rings. The summed E-state index contributed by atoms with van der Waals surface area (Å²) in [6.45, 7) is 1.96. The first kappa shape index (κ1) is 8.58. The maximum Gasteiger partial charge on any atom is 0.308 e. The van der Waals surface area contributed by atoms with Gasteiger partial charge in [-0.15, -0.1) is 11.3 Å². The molecule has 1 aromatic heterocycles. The van der Waals surface area contributed by atoms with Gasteiger partial charge in [0.15, 0.2) is 0 Å². The Bertz CT molecular complexity index is 259. The molecule has 2 N–H and O–H groups in total. The SMILES string of the molecule is Cc1ccc(SC(=O)NO)s1. The molecule has 0 aliphatic rings. The normalized spacial score (nSPS) is 9.64. The van der Waals surface area contributed by atoms with E-state index in [1.807, 2.05) is 19.1 Å². The summed E-state index contributed by atoms with van der Waals surface area (Å²) >= 11 is 2.51. The van der Waals surface area contributed by atoms with Gasteiger partial charge in [0.25, 0.3) is 0 Å². The number of carbonyl (C=O) groups excluding carboxylic acids is 1. The molecule has 11 heavy (non-hydrogen) atoms. The zero-order chi connectivity index (χ0) is 8.27. The summed E-state index contributed by atoms with van der Waals surface area (Å²) in [7, 11) is 0. The van der Waals surface area contributed by atoms with Crippen molar-refractivity contribution in [1.82, 2.24) is 5.48 Å². The highest BCUT2D eigenvalue weighted by Gasteiger charge is 2.03. The summed E-state index contributed by atoms with van der Waals surface area (Å²) in [4.78, 5) is 11.8. The van der Waals surface area contributed by atoms with E-state index in [4.69, 9.17) is 5.21 Å². The molecule has 0 aromatic carbocycles. The molecule has 0 saturated heterocycles. The Morgan fingerprint density at radius 2 is 2.45 bits per heavy atom. The van der Waals surface area contributed by atoms with Crippen molar-refractivity contribution in [3.05, 3.63) is 17.0 Å². The minimum atomic E-state index is -0.452. The minimum Gasteiger partial charge on any atom is -0.288 e. The van der Waals surface area contributed by atoms with Gasteiger partial charge in [0.1, 0.15) is 0 Å². The number of hydrogen-bond donors (Lipinski definition) is 2. The Morgan fingerprint density at radius 1 is 1.73 bits per heavy atom. The molecule has 1 amide bonds. The first-order chi connectivity index (χ1) is 5.22. The summed E-state index contributed by atoms with van der Waals surface area (Å²) < 4.78 is 0.883. The van der Waals surface area contributed by atoms with Crippen LogP contribution in [0, 0.1) is 6.92 Å². The van der Waals surface area contributed by atoms with Crippen molar-refractivity contribution >= 4 is 28.3 Å². The average molecular weight is 189 g/mol. The third kappa shape index (κ3) is 2.53. The van der Waals surface area contributed by atoms with E-state index >= 15 is 0 Å². The Labute approximate surface area is 72.4 Å². The van der Waals surface area contributed by atoms with Crippen LogP contribution in [0.25, 0.3) is 0 Å². The van der Waals surface area contributed by atoms with Crippen molar-refractivity contribution in [3.8, 4) is 0 Å². The molecule has 0 radical (unpaired) electrons. The predicted molar refractivity (Wildman–Crippen MR) is 45.2 cm³/mol. The van der Waals surface area contributed by atoms with Gasteiger partial charge in [-0.05, 0) is 30.8 Å². The van der Waals surface area contributed by atoms with Crippen molar-refractivity contribution in [3.63, 3.8) is 0 Å². The van der Waals surface area contributed by atoms with Crippen molar-refractivity contribution in [2.75, 3.05) is 0 Å². The monoisotopic (exact) mass is 189 g/mol. The summed E-state index contributed by atoms with van der Waals surface area (Å²) in [6, 6.07) is 3.78. The number of thiophene rings is 1. The van der Waals surface area contributed by atoms with Crippen LogP contribution in [0.5, 0.6) is 0 Å². The third-order valence-electron chi connectivity index (χ3n) is 1.00. The van der Waals surface area contributed by atoms with Crippen molar-refractivity contribution < 1.29 is 10.0 Å². The predicted octanol–water partition coefficient (Wildman–Crippen LogP) is 2.25. The second-order valence-corrected chi connectivity index (χ2v) is 4.43. The Kier molecular flexibility index (Phi) is 2.92. The molecule has 0 bridgehead atoms. The number of thioether (sulfide) groups is 1. The number of amides is 1. The molecule has 3 nitrogen and oxygen atoms in total. The maximum absolute atomic E-state index is 10.6.